The average molecular weight is 335 g/mol. The lowest BCUT2D eigenvalue weighted by molar-refractivity contribution is -0.117. The Kier molecular flexibility index (Phi) is 4.08. The fourth-order valence-corrected chi connectivity index (χ4v) is 3.46. The summed E-state index contributed by atoms with van der Waals surface area (Å²) in [5, 5.41) is 2.84. The first-order valence-corrected chi connectivity index (χ1v) is 8.87. The normalized spacial score (nSPS) is 20.3. The summed E-state index contributed by atoms with van der Waals surface area (Å²) in [6.07, 6.45) is 7.14. The van der Waals surface area contributed by atoms with Gasteiger partial charge in [0, 0.05) is 25.2 Å². The maximum absolute atomic E-state index is 12.5. The highest BCUT2D eigenvalue weighted by Crippen LogP contribution is 2.18. The second-order valence-corrected chi connectivity index (χ2v) is 7.23. The van der Waals surface area contributed by atoms with Gasteiger partial charge in [-0.25, -0.2) is 8.42 Å². The molecular formula is C15H17N3O4S. The predicted octanol–water partition coefficient (Wildman–Crippen LogP) is 0.824. The minimum atomic E-state index is -3.51. The van der Waals surface area contributed by atoms with E-state index in [0.29, 0.717) is 13.0 Å². The second kappa shape index (κ2) is 6.04. The SMILES string of the molecule is C[C@@H](Cc1ccco1)NC(=O)C1=CC=CN2CCS(=O)(=O)N=C12. The number of fused-ring (bicyclic) bond motifs is 1. The van der Waals surface area contributed by atoms with Gasteiger partial charge in [0.2, 0.25) is 0 Å². The van der Waals surface area contributed by atoms with Crippen LogP contribution in [-0.2, 0) is 21.2 Å². The van der Waals surface area contributed by atoms with E-state index in [2.05, 4.69) is 9.71 Å². The zero-order valence-corrected chi connectivity index (χ0v) is 13.4. The third-order valence-electron chi connectivity index (χ3n) is 3.57. The van der Waals surface area contributed by atoms with E-state index in [0.717, 1.165) is 5.76 Å². The van der Waals surface area contributed by atoms with Gasteiger partial charge in [-0.2, -0.15) is 0 Å². The number of rotatable bonds is 4. The Labute approximate surface area is 134 Å². The number of allylic oxidation sites excluding steroid dienone is 2. The second-order valence-electron chi connectivity index (χ2n) is 5.47. The molecule has 2 aliphatic heterocycles. The molecule has 0 aromatic carbocycles. The third kappa shape index (κ3) is 3.53. The highest BCUT2D eigenvalue weighted by molar-refractivity contribution is 7.90. The number of nitrogens with zero attached hydrogens (tertiary/aromatic N) is 2. The number of sulfonamides is 1. The van der Waals surface area contributed by atoms with Crippen LogP contribution in [0.1, 0.15) is 12.7 Å². The van der Waals surface area contributed by atoms with E-state index in [-0.39, 0.29) is 29.1 Å². The summed E-state index contributed by atoms with van der Waals surface area (Å²) in [5.74, 6) is 0.551. The zero-order valence-electron chi connectivity index (χ0n) is 12.6. The number of carbonyl (C=O) groups is 1. The van der Waals surface area contributed by atoms with E-state index >= 15 is 0 Å². The molecule has 3 heterocycles. The minimum Gasteiger partial charge on any atom is -0.469 e. The summed E-state index contributed by atoms with van der Waals surface area (Å²) in [5.41, 5.74) is 0.252. The number of furan rings is 1. The zero-order chi connectivity index (χ0) is 16.4. The highest BCUT2D eigenvalue weighted by Gasteiger charge is 2.30. The number of amides is 1. The molecule has 8 heteroatoms. The standard InChI is InChI=1S/C15H17N3O4S/c1-11(10-12-4-3-8-22-12)16-15(19)13-5-2-6-18-7-9-23(20,21)17-14(13)18/h2-6,8,11H,7,9-10H2,1H3,(H,16,19)/t11-/m0/s1. The molecule has 1 atom stereocenters. The van der Waals surface area contributed by atoms with Crippen molar-refractivity contribution in [1.82, 2.24) is 10.2 Å². The monoisotopic (exact) mass is 335 g/mol. The van der Waals surface area contributed by atoms with Gasteiger partial charge in [0.15, 0.2) is 5.84 Å². The minimum absolute atomic E-state index is 0.0510. The van der Waals surface area contributed by atoms with Crippen LogP contribution >= 0.6 is 0 Å². The van der Waals surface area contributed by atoms with Crippen molar-refractivity contribution in [3.05, 3.63) is 48.1 Å². The van der Waals surface area contributed by atoms with Gasteiger partial charge in [-0.15, -0.1) is 4.40 Å². The van der Waals surface area contributed by atoms with Crippen LogP contribution in [0, 0.1) is 0 Å². The van der Waals surface area contributed by atoms with Crippen molar-refractivity contribution in [2.24, 2.45) is 4.40 Å². The largest absolute Gasteiger partial charge is 0.469 e. The van der Waals surface area contributed by atoms with Gasteiger partial charge in [0.1, 0.15) is 5.76 Å². The van der Waals surface area contributed by atoms with Gasteiger partial charge < -0.3 is 14.6 Å². The number of amidine groups is 1. The molecular weight excluding hydrogens is 318 g/mol. The molecule has 0 aliphatic carbocycles. The molecule has 7 nitrogen and oxygen atoms in total. The van der Waals surface area contributed by atoms with E-state index in [9.17, 15) is 13.2 Å². The molecule has 0 unspecified atom stereocenters. The smallest absolute Gasteiger partial charge is 0.256 e. The summed E-state index contributed by atoms with van der Waals surface area (Å²) in [6.45, 7) is 2.15. The van der Waals surface area contributed by atoms with Crippen LogP contribution < -0.4 is 5.32 Å². The van der Waals surface area contributed by atoms with Crippen molar-refractivity contribution < 1.29 is 17.6 Å². The molecule has 0 bridgehead atoms. The molecule has 2 aliphatic rings. The first-order valence-electron chi connectivity index (χ1n) is 7.26. The number of hydrogen-bond acceptors (Lipinski definition) is 5. The van der Waals surface area contributed by atoms with Gasteiger partial charge in [-0.1, -0.05) is 0 Å². The van der Waals surface area contributed by atoms with Crippen molar-refractivity contribution >= 4 is 21.8 Å². The topological polar surface area (TPSA) is 92.0 Å². The molecule has 1 N–H and O–H groups in total. The molecule has 3 rings (SSSR count). The summed E-state index contributed by atoms with van der Waals surface area (Å²) in [6, 6.07) is 3.47. The molecule has 0 saturated heterocycles. The van der Waals surface area contributed by atoms with Gasteiger partial charge in [-0.3, -0.25) is 4.79 Å². The summed E-state index contributed by atoms with van der Waals surface area (Å²) >= 11 is 0. The third-order valence-corrected chi connectivity index (χ3v) is 4.72. The lowest BCUT2D eigenvalue weighted by Gasteiger charge is -2.29. The Hall–Kier alpha value is -2.35. The highest BCUT2D eigenvalue weighted by atomic mass is 32.2. The predicted molar refractivity (Wildman–Crippen MR) is 85.2 cm³/mol. The van der Waals surface area contributed by atoms with Gasteiger partial charge in [-0.05, 0) is 31.2 Å². The number of nitrogens with one attached hydrogen (secondary N) is 1. The number of hydrogen-bond donors (Lipinski definition) is 1. The van der Waals surface area contributed by atoms with Crippen molar-refractivity contribution in [2.45, 2.75) is 19.4 Å². The Morgan fingerprint density at radius 3 is 3.09 bits per heavy atom. The summed E-state index contributed by atoms with van der Waals surface area (Å²) in [7, 11) is -3.51. The molecule has 1 aromatic rings. The average Bonchev–Trinajstić information content (AvgIpc) is 2.98. The van der Waals surface area contributed by atoms with Crippen LogP contribution in [0.2, 0.25) is 0 Å². The fourth-order valence-electron chi connectivity index (χ4n) is 2.48. The van der Waals surface area contributed by atoms with Crippen molar-refractivity contribution in [3.63, 3.8) is 0 Å². The molecule has 0 spiro atoms. The number of carbonyl (C=O) groups excluding carboxylic acids is 1. The Morgan fingerprint density at radius 1 is 1.52 bits per heavy atom. The van der Waals surface area contributed by atoms with Crippen LogP contribution in [0.15, 0.2) is 51.1 Å². The maximum atomic E-state index is 12.5. The van der Waals surface area contributed by atoms with Crippen LogP contribution in [0.4, 0.5) is 0 Å². The summed E-state index contributed by atoms with van der Waals surface area (Å²) in [4.78, 5) is 14.1. The first kappa shape index (κ1) is 15.5. The van der Waals surface area contributed by atoms with E-state index in [1.165, 1.54) is 0 Å². The summed E-state index contributed by atoms with van der Waals surface area (Å²) < 4.78 is 32.4. The van der Waals surface area contributed by atoms with Crippen LogP contribution in [-0.4, -0.2) is 43.4 Å². The molecule has 1 amide bonds. The molecule has 0 fully saturated rings. The van der Waals surface area contributed by atoms with Crippen LogP contribution in [0.5, 0.6) is 0 Å². The Bertz CT molecular complexity index is 791. The fraction of sp³-hybridized carbons (Fsp3) is 0.333. The quantitative estimate of drug-likeness (QED) is 0.880. The van der Waals surface area contributed by atoms with E-state index in [4.69, 9.17) is 4.42 Å². The van der Waals surface area contributed by atoms with Crippen molar-refractivity contribution in [2.75, 3.05) is 12.3 Å². The Balaban J connectivity index is 1.74. The molecule has 0 saturated carbocycles. The van der Waals surface area contributed by atoms with Gasteiger partial charge >= 0.3 is 0 Å². The lowest BCUT2D eigenvalue weighted by Crippen LogP contribution is -2.44. The van der Waals surface area contributed by atoms with Gasteiger partial charge in [0.25, 0.3) is 15.9 Å². The van der Waals surface area contributed by atoms with Crippen molar-refractivity contribution in [1.29, 1.82) is 0 Å². The van der Waals surface area contributed by atoms with Gasteiger partial charge in [0.05, 0.1) is 17.6 Å². The van der Waals surface area contributed by atoms with E-state index < -0.39 is 10.0 Å². The first-order chi connectivity index (χ1) is 10.9. The molecule has 0 radical (unpaired) electrons. The van der Waals surface area contributed by atoms with E-state index in [1.807, 2.05) is 13.0 Å². The molecule has 1 aromatic heterocycles. The maximum Gasteiger partial charge on any atom is 0.256 e. The van der Waals surface area contributed by atoms with Crippen molar-refractivity contribution in [3.8, 4) is 0 Å². The Morgan fingerprint density at radius 2 is 2.35 bits per heavy atom. The van der Waals surface area contributed by atoms with E-state index in [1.54, 1.807) is 35.6 Å². The molecule has 23 heavy (non-hydrogen) atoms. The molecule has 122 valence electrons. The lowest BCUT2D eigenvalue weighted by atomic mass is 10.1. The van der Waals surface area contributed by atoms with Crippen LogP contribution in [0.25, 0.3) is 0 Å². The van der Waals surface area contributed by atoms with Crippen LogP contribution in [0.3, 0.4) is 0 Å².